The highest BCUT2D eigenvalue weighted by molar-refractivity contribution is 14.0. The van der Waals surface area contributed by atoms with Gasteiger partial charge in [0, 0.05) is 37.6 Å². The van der Waals surface area contributed by atoms with Crippen LogP contribution in [0.1, 0.15) is 33.5 Å². The van der Waals surface area contributed by atoms with Crippen molar-refractivity contribution in [1.82, 2.24) is 15.5 Å². The van der Waals surface area contributed by atoms with Gasteiger partial charge in [0.15, 0.2) is 5.96 Å². The van der Waals surface area contributed by atoms with Gasteiger partial charge in [-0.05, 0) is 39.8 Å². The van der Waals surface area contributed by atoms with Crippen LogP contribution in [0.15, 0.2) is 39.7 Å². The number of para-hydroxylation sites is 1. The van der Waals surface area contributed by atoms with E-state index in [1.807, 2.05) is 18.2 Å². The van der Waals surface area contributed by atoms with E-state index in [0.717, 1.165) is 35.8 Å². The van der Waals surface area contributed by atoms with Crippen molar-refractivity contribution in [3.05, 3.63) is 36.1 Å². The number of nitrogens with zero attached hydrogens (tertiary/aromatic N) is 2. The van der Waals surface area contributed by atoms with Gasteiger partial charge < -0.3 is 15.1 Å². The minimum Gasteiger partial charge on any atom is -0.459 e. The number of hydrogen-bond donors (Lipinski definition) is 2. The van der Waals surface area contributed by atoms with Crippen molar-refractivity contribution in [3.63, 3.8) is 0 Å². The molecule has 0 spiro atoms. The first-order valence-electron chi connectivity index (χ1n) is 8.69. The number of furan rings is 1. The molecule has 0 saturated carbocycles. The SMILES string of the molecule is CN=C(NCCN(C(C)C)C(C)C)NCc1cc2ccccc2o1.I. The first-order chi connectivity index (χ1) is 11.5. The number of halogens is 1. The highest BCUT2D eigenvalue weighted by Crippen LogP contribution is 2.18. The van der Waals surface area contributed by atoms with Gasteiger partial charge in [0.25, 0.3) is 0 Å². The predicted octanol–water partition coefficient (Wildman–Crippen LogP) is 3.83. The molecule has 1 aromatic carbocycles. The normalized spacial score (nSPS) is 12.1. The van der Waals surface area contributed by atoms with Gasteiger partial charge in [-0.15, -0.1) is 24.0 Å². The average molecular weight is 458 g/mol. The Morgan fingerprint density at radius 1 is 1.12 bits per heavy atom. The second-order valence-electron chi connectivity index (χ2n) is 6.53. The second-order valence-corrected chi connectivity index (χ2v) is 6.53. The van der Waals surface area contributed by atoms with Crippen molar-refractivity contribution >= 4 is 40.9 Å². The van der Waals surface area contributed by atoms with Crippen molar-refractivity contribution in [1.29, 1.82) is 0 Å². The van der Waals surface area contributed by atoms with E-state index in [4.69, 9.17) is 4.42 Å². The minimum absolute atomic E-state index is 0. The molecule has 0 bridgehead atoms. The van der Waals surface area contributed by atoms with Gasteiger partial charge in [-0.25, -0.2) is 0 Å². The lowest BCUT2D eigenvalue weighted by Gasteiger charge is -2.30. The third-order valence-corrected chi connectivity index (χ3v) is 4.12. The highest BCUT2D eigenvalue weighted by atomic mass is 127. The van der Waals surface area contributed by atoms with Crippen LogP contribution in [0.4, 0.5) is 0 Å². The van der Waals surface area contributed by atoms with Crippen molar-refractivity contribution in [2.24, 2.45) is 4.99 Å². The number of aliphatic imine (C=N–C) groups is 1. The number of fused-ring (bicyclic) bond motifs is 1. The average Bonchev–Trinajstić information content (AvgIpc) is 2.96. The largest absolute Gasteiger partial charge is 0.459 e. The fraction of sp³-hybridized carbons (Fsp3) is 0.526. The molecular weight excluding hydrogens is 427 g/mol. The van der Waals surface area contributed by atoms with Gasteiger partial charge in [-0.1, -0.05) is 18.2 Å². The molecule has 0 radical (unpaired) electrons. The predicted molar refractivity (Wildman–Crippen MR) is 117 cm³/mol. The van der Waals surface area contributed by atoms with E-state index in [0.29, 0.717) is 18.6 Å². The molecule has 0 amide bonds. The van der Waals surface area contributed by atoms with Crippen LogP contribution in [0.2, 0.25) is 0 Å². The van der Waals surface area contributed by atoms with Crippen molar-refractivity contribution in [3.8, 4) is 0 Å². The molecule has 2 N–H and O–H groups in total. The molecule has 0 saturated heterocycles. The Morgan fingerprint density at radius 2 is 1.80 bits per heavy atom. The topological polar surface area (TPSA) is 52.8 Å². The summed E-state index contributed by atoms with van der Waals surface area (Å²) in [7, 11) is 1.79. The third kappa shape index (κ3) is 6.51. The summed E-state index contributed by atoms with van der Waals surface area (Å²) in [5, 5.41) is 7.80. The summed E-state index contributed by atoms with van der Waals surface area (Å²) >= 11 is 0. The molecule has 0 aliphatic rings. The Balaban J connectivity index is 0.00000312. The molecule has 0 aliphatic carbocycles. The standard InChI is InChI=1S/C19H30N4O.HI/c1-14(2)23(15(3)4)11-10-21-19(20-5)22-13-17-12-16-8-6-7-9-18(16)24-17;/h6-9,12,14-15H,10-11,13H2,1-5H3,(H2,20,21,22);1H. The molecule has 0 fully saturated rings. The lowest BCUT2D eigenvalue weighted by atomic mass is 10.2. The van der Waals surface area contributed by atoms with E-state index < -0.39 is 0 Å². The minimum atomic E-state index is 0. The van der Waals surface area contributed by atoms with Crippen LogP contribution in [0.3, 0.4) is 0 Å². The maximum Gasteiger partial charge on any atom is 0.191 e. The number of nitrogens with one attached hydrogen (secondary N) is 2. The number of guanidine groups is 1. The molecular formula is C19H31IN4O. The Bertz CT molecular complexity index is 625. The molecule has 5 nitrogen and oxygen atoms in total. The van der Waals surface area contributed by atoms with Crippen LogP contribution in [-0.4, -0.2) is 43.1 Å². The van der Waals surface area contributed by atoms with Gasteiger partial charge >= 0.3 is 0 Å². The van der Waals surface area contributed by atoms with Gasteiger partial charge in [0.1, 0.15) is 11.3 Å². The van der Waals surface area contributed by atoms with E-state index in [1.54, 1.807) is 7.05 Å². The third-order valence-electron chi connectivity index (χ3n) is 4.12. The zero-order valence-corrected chi connectivity index (χ0v) is 18.2. The molecule has 0 aliphatic heterocycles. The molecule has 2 aromatic rings. The van der Waals surface area contributed by atoms with E-state index in [9.17, 15) is 0 Å². The number of rotatable bonds is 7. The van der Waals surface area contributed by atoms with Crippen LogP contribution in [0.25, 0.3) is 11.0 Å². The molecule has 0 atom stereocenters. The van der Waals surface area contributed by atoms with Crippen molar-refractivity contribution in [2.75, 3.05) is 20.1 Å². The van der Waals surface area contributed by atoms with Crippen LogP contribution >= 0.6 is 24.0 Å². The van der Waals surface area contributed by atoms with E-state index in [-0.39, 0.29) is 24.0 Å². The maximum atomic E-state index is 5.82. The molecule has 0 unspecified atom stereocenters. The van der Waals surface area contributed by atoms with Gasteiger partial charge in [0.2, 0.25) is 0 Å². The lowest BCUT2D eigenvalue weighted by Crippen LogP contribution is -2.45. The smallest absolute Gasteiger partial charge is 0.191 e. The lowest BCUT2D eigenvalue weighted by molar-refractivity contribution is 0.178. The second kappa shape index (κ2) is 10.7. The molecule has 2 rings (SSSR count). The fourth-order valence-electron chi connectivity index (χ4n) is 2.93. The molecule has 1 aromatic heterocycles. The van der Waals surface area contributed by atoms with Crippen molar-refractivity contribution < 1.29 is 4.42 Å². The Hall–Kier alpha value is -1.28. The van der Waals surface area contributed by atoms with Gasteiger partial charge in [-0.2, -0.15) is 0 Å². The van der Waals surface area contributed by atoms with Gasteiger partial charge in [0.05, 0.1) is 6.54 Å². The summed E-state index contributed by atoms with van der Waals surface area (Å²) in [6, 6.07) is 11.2. The Labute approximate surface area is 168 Å². The van der Waals surface area contributed by atoms with E-state index in [2.05, 4.69) is 60.4 Å². The summed E-state index contributed by atoms with van der Waals surface area (Å²) in [4.78, 5) is 6.74. The highest BCUT2D eigenvalue weighted by Gasteiger charge is 2.12. The number of benzene rings is 1. The fourth-order valence-corrected chi connectivity index (χ4v) is 2.93. The monoisotopic (exact) mass is 458 g/mol. The molecule has 6 heteroatoms. The van der Waals surface area contributed by atoms with Crippen LogP contribution in [0, 0.1) is 0 Å². The van der Waals surface area contributed by atoms with E-state index in [1.165, 1.54) is 0 Å². The van der Waals surface area contributed by atoms with Crippen LogP contribution < -0.4 is 10.6 Å². The summed E-state index contributed by atoms with van der Waals surface area (Å²) in [5.41, 5.74) is 0.918. The van der Waals surface area contributed by atoms with E-state index >= 15 is 0 Å². The summed E-state index contributed by atoms with van der Waals surface area (Å²) in [6.45, 7) is 11.4. The molecule has 140 valence electrons. The maximum absolute atomic E-state index is 5.82. The molecule has 25 heavy (non-hydrogen) atoms. The van der Waals surface area contributed by atoms with Crippen LogP contribution in [0.5, 0.6) is 0 Å². The first kappa shape index (κ1) is 21.8. The number of hydrogen-bond acceptors (Lipinski definition) is 3. The summed E-state index contributed by atoms with van der Waals surface area (Å²) < 4.78 is 5.82. The van der Waals surface area contributed by atoms with Gasteiger partial charge in [-0.3, -0.25) is 9.89 Å². The zero-order chi connectivity index (χ0) is 17.5. The molecule has 1 heterocycles. The first-order valence-corrected chi connectivity index (χ1v) is 8.69. The summed E-state index contributed by atoms with van der Waals surface area (Å²) in [6.07, 6.45) is 0. The van der Waals surface area contributed by atoms with Crippen molar-refractivity contribution in [2.45, 2.75) is 46.3 Å². The Morgan fingerprint density at radius 3 is 2.40 bits per heavy atom. The van der Waals surface area contributed by atoms with Crippen LogP contribution in [-0.2, 0) is 6.54 Å². The quantitative estimate of drug-likeness (QED) is 0.376. The zero-order valence-electron chi connectivity index (χ0n) is 15.9. The summed E-state index contributed by atoms with van der Waals surface area (Å²) in [5.74, 6) is 1.70. The Kier molecular flexibility index (Phi) is 9.27.